The van der Waals surface area contributed by atoms with Crippen LogP contribution >= 0.6 is 11.6 Å². The molecule has 44 heavy (non-hydrogen) atoms. The minimum atomic E-state index is -0.425. The van der Waals surface area contributed by atoms with Gasteiger partial charge in [-0.2, -0.15) is 0 Å². The van der Waals surface area contributed by atoms with E-state index < -0.39 is 6.09 Å². The van der Waals surface area contributed by atoms with Crippen molar-refractivity contribution in [2.75, 3.05) is 65.5 Å². The van der Waals surface area contributed by atoms with Crippen LogP contribution in [-0.2, 0) is 9.47 Å². The van der Waals surface area contributed by atoms with Gasteiger partial charge in [0.25, 0.3) is 0 Å². The van der Waals surface area contributed by atoms with Gasteiger partial charge in [-0.1, -0.05) is 48.4 Å². The largest absolute Gasteiger partial charge is 0.494 e. The number of hydrogen-bond acceptors (Lipinski definition) is 7. The number of aryl methyl sites for hydroxylation is 1. The molecule has 8 nitrogen and oxygen atoms in total. The maximum atomic E-state index is 13.4. The van der Waals surface area contributed by atoms with Gasteiger partial charge in [0.2, 0.25) is 0 Å². The normalized spacial score (nSPS) is 14.9. The zero-order chi connectivity index (χ0) is 31.3. The van der Waals surface area contributed by atoms with Gasteiger partial charge in [-0.15, -0.1) is 0 Å². The predicted octanol–water partition coefficient (Wildman–Crippen LogP) is 7.01. The van der Waals surface area contributed by atoms with Crippen molar-refractivity contribution in [1.82, 2.24) is 9.80 Å². The molecule has 4 rings (SSSR count). The first-order chi connectivity index (χ1) is 21.4. The van der Waals surface area contributed by atoms with E-state index in [0.29, 0.717) is 43.6 Å². The van der Waals surface area contributed by atoms with E-state index in [1.807, 2.05) is 36.4 Å². The molecule has 1 atom stereocenters. The molecule has 0 spiro atoms. The van der Waals surface area contributed by atoms with E-state index in [1.54, 1.807) is 36.3 Å². The van der Waals surface area contributed by atoms with E-state index in [-0.39, 0.29) is 6.04 Å². The Morgan fingerprint density at radius 2 is 1.70 bits per heavy atom. The van der Waals surface area contributed by atoms with Crippen molar-refractivity contribution < 1.29 is 23.7 Å². The molecule has 1 aliphatic heterocycles. The van der Waals surface area contributed by atoms with Gasteiger partial charge < -0.3 is 24.7 Å². The fraction of sp³-hybridized carbons (Fsp3) is 0.400. The Balaban J connectivity index is 1.39. The van der Waals surface area contributed by atoms with Crippen LogP contribution in [0.15, 0.2) is 72.8 Å². The van der Waals surface area contributed by atoms with Crippen LogP contribution in [-0.4, -0.2) is 75.6 Å². The van der Waals surface area contributed by atoms with E-state index >= 15 is 0 Å². The summed E-state index contributed by atoms with van der Waals surface area (Å²) in [5, 5.41) is 0.579. The molecule has 2 N–H and O–H groups in total. The summed E-state index contributed by atoms with van der Waals surface area (Å²) in [4.78, 5) is 17.4. The van der Waals surface area contributed by atoms with E-state index in [9.17, 15) is 4.79 Å². The number of anilines is 1. The van der Waals surface area contributed by atoms with Crippen molar-refractivity contribution in [2.24, 2.45) is 0 Å². The molecule has 1 unspecified atom stereocenters. The number of rotatable bonds is 15. The monoisotopic (exact) mass is 621 g/mol. The topological polar surface area (TPSA) is 86.5 Å². The Kier molecular flexibility index (Phi) is 12.9. The van der Waals surface area contributed by atoms with Crippen molar-refractivity contribution in [1.29, 1.82) is 0 Å². The lowest BCUT2D eigenvalue weighted by molar-refractivity contribution is 0.0836. The lowest BCUT2D eigenvalue weighted by atomic mass is 9.91. The molecule has 1 heterocycles. The summed E-state index contributed by atoms with van der Waals surface area (Å²) in [5.74, 6) is 1.21. The molecule has 0 saturated carbocycles. The van der Waals surface area contributed by atoms with E-state index in [4.69, 9.17) is 36.3 Å². The summed E-state index contributed by atoms with van der Waals surface area (Å²) in [6.07, 6.45) is 3.14. The summed E-state index contributed by atoms with van der Waals surface area (Å²) >= 11 is 6.01. The molecule has 3 aromatic rings. The van der Waals surface area contributed by atoms with Crippen LogP contribution in [0.5, 0.6) is 11.5 Å². The van der Waals surface area contributed by atoms with Crippen LogP contribution in [0, 0.1) is 6.92 Å². The maximum Gasteiger partial charge on any atom is 0.416 e. The first-order valence-corrected chi connectivity index (χ1v) is 15.6. The number of hydrogen-bond donors (Lipinski definition) is 1. The van der Waals surface area contributed by atoms with Gasteiger partial charge in [-0.3, -0.25) is 9.80 Å². The number of nitrogens with two attached hydrogens (primary N) is 1. The lowest BCUT2D eigenvalue weighted by Gasteiger charge is -2.34. The van der Waals surface area contributed by atoms with Crippen LogP contribution in [0.1, 0.15) is 42.5 Å². The fourth-order valence-corrected chi connectivity index (χ4v) is 5.24. The minimum Gasteiger partial charge on any atom is -0.494 e. The van der Waals surface area contributed by atoms with E-state index in [2.05, 4.69) is 30.9 Å². The quantitative estimate of drug-likeness (QED) is 0.144. The molecule has 0 aliphatic carbocycles. The SMILES string of the molecule is CCN(CCOC)CCOCCCOc1ccc(C2C=C(c3cc(C)ccc3N)CCN2C(=O)Oc2ccc(Cl)cc2)cc1. The van der Waals surface area contributed by atoms with Gasteiger partial charge >= 0.3 is 6.09 Å². The second kappa shape index (κ2) is 17.1. The van der Waals surface area contributed by atoms with Gasteiger partial charge in [-0.05, 0) is 79.6 Å². The molecule has 1 amide bonds. The highest BCUT2D eigenvalue weighted by molar-refractivity contribution is 6.30. The Hall–Kier alpha value is -3.56. The summed E-state index contributed by atoms with van der Waals surface area (Å²) in [6, 6.07) is 20.4. The second-order valence-corrected chi connectivity index (χ2v) is 11.2. The Labute approximate surface area is 266 Å². The molecule has 3 aromatic carbocycles. The Bertz CT molecular complexity index is 1360. The molecule has 0 saturated heterocycles. The van der Waals surface area contributed by atoms with E-state index in [1.165, 1.54) is 0 Å². The summed E-state index contributed by atoms with van der Waals surface area (Å²) in [6.45, 7) is 10.1. The highest BCUT2D eigenvalue weighted by atomic mass is 35.5. The van der Waals surface area contributed by atoms with Crippen LogP contribution in [0.3, 0.4) is 0 Å². The molecule has 0 bridgehead atoms. The third-order valence-corrected chi connectivity index (χ3v) is 7.91. The Morgan fingerprint density at radius 3 is 2.43 bits per heavy atom. The second-order valence-electron chi connectivity index (χ2n) is 10.8. The number of ether oxygens (including phenoxy) is 4. The zero-order valence-electron chi connectivity index (χ0n) is 26.0. The first kappa shape index (κ1) is 33.3. The third kappa shape index (κ3) is 9.72. The molecule has 0 aromatic heterocycles. The molecule has 0 radical (unpaired) electrons. The van der Waals surface area contributed by atoms with Crippen LogP contribution < -0.4 is 15.2 Å². The van der Waals surface area contributed by atoms with E-state index in [0.717, 1.165) is 66.4 Å². The molecule has 0 fully saturated rings. The molecular formula is C35H44ClN3O5. The standard InChI is InChI=1S/C35H44ClN3O5/c1-4-38(18-22-41-3)19-23-42-20-5-21-43-30-11-7-27(8-12-30)34-25-28(32-24-26(2)6-15-33(32)37)16-17-39(34)35(40)44-31-13-9-29(36)10-14-31/h6-15,24-25,34H,4-5,16-23,37H2,1-3H3. The smallest absolute Gasteiger partial charge is 0.416 e. The number of carbonyl (C=O) groups is 1. The van der Waals surface area contributed by atoms with Gasteiger partial charge in [0.05, 0.1) is 25.9 Å². The number of benzene rings is 3. The molecule has 236 valence electrons. The number of nitrogen functional groups attached to an aromatic ring is 1. The lowest BCUT2D eigenvalue weighted by Crippen LogP contribution is -2.39. The number of amides is 1. The molecule has 9 heteroatoms. The highest BCUT2D eigenvalue weighted by Crippen LogP contribution is 2.37. The van der Waals surface area contributed by atoms with Gasteiger partial charge in [0.1, 0.15) is 11.5 Å². The third-order valence-electron chi connectivity index (χ3n) is 7.66. The average Bonchev–Trinajstić information content (AvgIpc) is 3.04. The number of methoxy groups -OCH3 is 1. The number of halogens is 1. The number of nitrogens with zero attached hydrogens (tertiary/aromatic N) is 2. The summed E-state index contributed by atoms with van der Waals surface area (Å²) < 4.78 is 22.7. The van der Waals surface area contributed by atoms with Crippen molar-refractivity contribution in [3.05, 3.63) is 94.5 Å². The molecule has 1 aliphatic rings. The van der Waals surface area contributed by atoms with Crippen molar-refractivity contribution in [2.45, 2.75) is 32.7 Å². The zero-order valence-corrected chi connectivity index (χ0v) is 26.7. The van der Waals surface area contributed by atoms with Crippen LogP contribution in [0.4, 0.5) is 10.5 Å². The van der Waals surface area contributed by atoms with Crippen LogP contribution in [0.2, 0.25) is 5.02 Å². The number of carbonyl (C=O) groups excluding carboxylic acids is 1. The van der Waals surface area contributed by atoms with Crippen molar-refractivity contribution in [3.8, 4) is 11.5 Å². The number of likely N-dealkylation sites (N-methyl/N-ethyl adjacent to an activating group) is 1. The highest BCUT2D eigenvalue weighted by Gasteiger charge is 2.30. The fourth-order valence-electron chi connectivity index (χ4n) is 5.12. The average molecular weight is 622 g/mol. The Morgan fingerprint density at radius 1 is 0.977 bits per heavy atom. The van der Waals surface area contributed by atoms with Crippen molar-refractivity contribution in [3.63, 3.8) is 0 Å². The van der Waals surface area contributed by atoms with Gasteiger partial charge in [-0.25, -0.2) is 4.79 Å². The first-order valence-electron chi connectivity index (χ1n) is 15.2. The summed E-state index contributed by atoms with van der Waals surface area (Å²) in [7, 11) is 1.72. The predicted molar refractivity (Wildman–Crippen MR) is 176 cm³/mol. The minimum absolute atomic E-state index is 0.340. The molecular weight excluding hydrogens is 578 g/mol. The van der Waals surface area contributed by atoms with Crippen LogP contribution in [0.25, 0.3) is 5.57 Å². The van der Waals surface area contributed by atoms with Crippen molar-refractivity contribution >= 4 is 29.0 Å². The maximum absolute atomic E-state index is 13.4. The van der Waals surface area contributed by atoms with Gasteiger partial charge in [0, 0.05) is 56.0 Å². The van der Waals surface area contributed by atoms with Gasteiger partial charge in [0.15, 0.2) is 0 Å². The summed E-state index contributed by atoms with van der Waals surface area (Å²) in [5.41, 5.74) is 11.3.